The molecule has 0 aliphatic carbocycles. The number of hydrogen-bond acceptors (Lipinski definition) is 9. The van der Waals surface area contributed by atoms with Crippen LogP contribution in [0.2, 0.25) is 5.02 Å². The van der Waals surface area contributed by atoms with E-state index in [0.717, 1.165) is 26.7 Å². The van der Waals surface area contributed by atoms with E-state index in [0.29, 0.717) is 30.9 Å². The largest absolute Gasteiger partial charge is 0.489 e. The van der Waals surface area contributed by atoms with E-state index in [-0.39, 0.29) is 12.6 Å². The van der Waals surface area contributed by atoms with Crippen molar-refractivity contribution in [3.05, 3.63) is 88.9 Å². The minimum atomic E-state index is -3.41. The van der Waals surface area contributed by atoms with Crippen molar-refractivity contribution < 1.29 is 37.4 Å². The fourth-order valence-electron chi connectivity index (χ4n) is 5.09. The normalized spacial score (nSPS) is 13.3. The Morgan fingerprint density at radius 1 is 0.894 bits per heavy atom. The van der Waals surface area contributed by atoms with Gasteiger partial charge in [-0.3, -0.25) is 4.57 Å². The molecule has 3 aromatic rings. The molecular weight excluding hydrogens is 661 g/mol. The summed E-state index contributed by atoms with van der Waals surface area (Å²) in [5, 5.41) is 3.61. The number of amides is 1. The molecule has 0 aliphatic heterocycles. The third-order valence-corrected chi connectivity index (χ3v) is 10.6. The van der Waals surface area contributed by atoms with Gasteiger partial charge in [0.1, 0.15) is 18.0 Å². The van der Waals surface area contributed by atoms with Crippen molar-refractivity contribution in [2.24, 2.45) is 0 Å². The topological polar surface area (TPSA) is 102 Å². The molecule has 0 saturated heterocycles. The standard InChI is InChI=1S/C35H47ClNO8PS/c1-34(2,3)45-33(38)37-35(32(40-4)41-5,21-22-46(39,42-6)43-7)20-12-15-27-18-19-30(24-31(27)36)47-29-17-11-16-28(23-29)44-25-26-13-9-8-10-14-26/h8-11,13-14,16-19,23-24,32H,12,15,20-22,25H2,1-7H3,(H,37,38). The first-order chi connectivity index (χ1) is 22.3. The van der Waals surface area contributed by atoms with Gasteiger partial charge in [0, 0.05) is 43.3 Å². The van der Waals surface area contributed by atoms with E-state index in [1.807, 2.05) is 72.8 Å². The highest BCUT2D eigenvalue weighted by Gasteiger charge is 2.43. The summed E-state index contributed by atoms with van der Waals surface area (Å²) < 4.78 is 46.3. The van der Waals surface area contributed by atoms with Crippen LogP contribution in [0.4, 0.5) is 4.79 Å². The first kappa shape index (κ1) is 38.9. The number of ether oxygens (including phenoxy) is 4. The fraction of sp³-hybridized carbons (Fsp3) is 0.457. The van der Waals surface area contributed by atoms with Crippen LogP contribution in [0.1, 0.15) is 51.2 Å². The monoisotopic (exact) mass is 707 g/mol. The van der Waals surface area contributed by atoms with Gasteiger partial charge in [-0.15, -0.1) is 0 Å². The van der Waals surface area contributed by atoms with Gasteiger partial charge in [0.25, 0.3) is 0 Å². The summed E-state index contributed by atoms with van der Waals surface area (Å²) in [6, 6.07) is 24.0. The van der Waals surface area contributed by atoms with Gasteiger partial charge in [-0.25, -0.2) is 4.79 Å². The van der Waals surface area contributed by atoms with Crippen molar-refractivity contribution in [2.75, 3.05) is 34.6 Å². The van der Waals surface area contributed by atoms with Crippen molar-refractivity contribution >= 4 is 37.1 Å². The predicted molar refractivity (Wildman–Crippen MR) is 187 cm³/mol. The number of carbonyl (C=O) groups is 1. The molecule has 47 heavy (non-hydrogen) atoms. The number of halogens is 1. The molecule has 0 saturated carbocycles. The molecular formula is C35H47ClNO8PS. The fourth-order valence-corrected chi connectivity index (χ4v) is 7.52. The maximum Gasteiger partial charge on any atom is 0.408 e. The van der Waals surface area contributed by atoms with Crippen LogP contribution in [0.25, 0.3) is 0 Å². The van der Waals surface area contributed by atoms with Crippen LogP contribution < -0.4 is 10.1 Å². The second-order valence-corrected chi connectivity index (χ2v) is 15.9. The highest BCUT2D eigenvalue weighted by molar-refractivity contribution is 7.99. The maximum atomic E-state index is 13.1. The zero-order chi connectivity index (χ0) is 34.5. The van der Waals surface area contributed by atoms with Crippen LogP contribution in [0.3, 0.4) is 0 Å². The molecule has 9 nitrogen and oxygen atoms in total. The van der Waals surface area contributed by atoms with Crippen LogP contribution in [-0.4, -0.2) is 58.1 Å². The Labute approximate surface area is 288 Å². The number of nitrogens with one attached hydrogen (secondary N) is 1. The third-order valence-electron chi connectivity index (χ3n) is 7.40. The molecule has 0 aromatic heterocycles. The zero-order valence-corrected chi connectivity index (χ0v) is 30.7. The minimum Gasteiger partial charge on any atom is -0.489 e. The predicted octanol–water partition coefficient (Wildman–Crippen LogP) is 9.15. The quantitative estimate of drug-likeness (QED) is 0.102. The Kier molecular flexibility index (Phi) is 15.1. The number of carbonyl (C=O) groups excluding carboxylic acids is 1. The summed E-state index contributed by atoms with van der Waals surface area (Å²) in [6.07, 6.45) is 0.273. The lowest BCUT2D eigenvalue weighted by Gasteiger charge is -2.40. The first-order valence-electron chi connectivity index (χ1n) is 15.3. The van der Waals surface area contributed by atoms with Gasteiger partial charge >= 0.3 is 13.7 Å². The number of alkyl carbamates (subject to hydrolysis) is 1. The van der Waals surface area contributed by atoms with E-state index in [4.69, 9.17) is 39.6 Å². The highest BCUT2D eigenvalue weighted by Crippen LogP contribution is 2.48. The van der Waals surface area contributed by atoms with Crippen LogP contribution in [0.15, 0.2) is 82.6 Å². The molecule has 0 bridgehead atoms. The molecule has 3 rings (SSSR count). The van der Waals surface area contributed by atoms with Crippen LogP contribution in [0.5, 0.6) is 5.75 Å². The van der Waals surface area contributed by atoms with Crippen LogP contribution in [0, 0.1) is 0 Å². The van der Waals surface area contributed by atoms with Gasteiger partial charge in [-0.1, -0.05) is 65.8 Å². The first-order valence-corrected chi connectivity index (χ1v) is 18.3. The van der Waals surface area contributed by atoms with Crippen molar-refractivity contribution in [3.8, 4) is 5.75 Å². The molecule has 0 radical (unpaired) electrons. The number of benzene rings is 3. The van der Waals surface area contributed by atoms with Crippen LogP contribution in [-0.2, 0) is 40.9 Å². The SMILES string of the molecule is COC(OC)C(CCCc1ccc(Sc2cccc(OCc3ccccc3)c2)cc1Cl)(CCP(=O)(OC)OC)NC(=O)OC(C)(C)C. The molecule has 1 amide bonds. The Morgan fingerprint density at radius 3 is 2.19 bits per heavy atom. The Hall–Kier alpha value is -2.56. The lowest BCUT2D eigenvalue weighted by Crippen LogP contribution is -2.59. The van der Waals surface area contributed by atoms with E-state index < -0.39 is 31.1 Å². The van der Waals surface area contributed by atoms with E-state index in [9.17, 15) is 9.36 Å². The van der Waals surface area contributed by atoms with Gasteiger partial charge in [-0.05, 0) is 87.9 Å². The molecule has 1 atom stereocenters. The molecule has 0 fully saturated rings. The smallest absolute Gasteiger partial charge is 0.408 e. The number of rotatable bonds is 18. The number of methoxy groups -OCH3 is 2. The second kappa shape index (κ2) is 18.3. The van der Waals surface area contributed by atoms with Crippen molar-refractivity contribution in [3.63, 3.8) is 0 Å². The molecule has 1 N–H and O–H groups in total. The zero-order valence-electron chi connectivity index (χ0n) is 28.2. The van der Waals surface area contributed by atoms with Crippen molar-refractivity contribution in [1.82, 2.24) is 5.32 Å². The summed E-state index contributed by atoms with van der Waals surface area (Å²) in [5.74, 6) is 0.794. The van der Waals surface area contributed by atoms with Gasteiger partial charge < -0.3 is 33.3 Å². The number of hydrogen-bond donors (Lipinski definition) is 1. The van der Waals surface area contributed by atoms with Gasteiger partial charge in [0.2, 0.25) is 0 Å². The molecule has 0 aliphatic rings. The lowest BCUT2D eigenvalue weighted by atomic mass is 9.87. The van der Waals surface area contributed by atoms with E-state index >= 15 is 0 Å². The van der Waals surface area contributed by atoms with Crippen LogP contribution >= 0.6 is 31.0 Å². The average molecular weight is 708 g/mol. The molecule has 0 heterocycles. The molecule has 0 spiro atoms. The van der Waals surface area contributed by atoms with Crippen molar-refractivity contribution in [1.29, 1.82) is 0 Å². The van der Waals surface area contributed by atoms with Gasteiger partial charge in [-0.2, -0.15) is 0 Å². The summed E-state index contributed by atoms with van der Waals surface area (Å²) in [5.41, 5.74) is 0.210. The van der Waals surface area contributed by atoms with E-state index in [1.54, 1.807) is 32.5 Å². The summed E-state index contributed by atoms with van der Waals surface area (Å²) in [6.45, 7) is 5.84. The average Bonchev–Trinajstić information content (AvgIpc) is 3.04. The Bertz CT molecular complexity index is 1460. The maximum absolute atomic E-state index is 13.1. The van der Waals surface area contributed by atoms with Gasteiger partial charge in [0.05, 0.1) is 11.7 Å². The van der Waals surface area contributed by atoms with Crippen molar-refractivity contribution in [2.45, 2.75) is 80.3 Å². The Morgan fingerprint density at radius 2 is 1.57 bits per heavy atom. The molecule has 1 unspecified atom stereocenters. The third kappa shape index (κ3) is 12.4. The molecule has 3 aromatic carbocycles. The summed E-state index contributed by atoms with van der Waals surface area (Å²) in [7, 11) is 2.23. The Balaban J connectivity index is 1.73. The second-order valence-electron chi connectivity index (χ2n) is 12.0. The van der Waals surface area contributed by atoms with Gasteiger partial charge in [0.15, 0.2) is 6.29 Å². The minimum absolute atomic E-state index is 0.0180. The summed E-state index contributed by atoms with van der Waals surface area (Å²) >= 11 is 8.38. The van der Waals surface area contributed by atoms with E-state index in [2.05, 4.69) is 5.32 Å². The highest BCUT2D eigenvalue weighted by atomic mass is 35.5. The van der Waals surface area contributed by atoms with E-state index in [1.165, 1.54) is 28.4 Å². The number of aryl methyl sites for hydroxylation is 1. The lowest BCUT2D eigenvalue weighted by molar-refractivity contribution is -0.158. The summed E-state index contributed by atoms with van der Waals surface area (Å²) in [4.78, 5) is 15.1. The molecule has 12 heteroatoms. The molecule has 258 valence electrons.